The molecule has 8 nitrogen and oxygen atoms in total. The molecule has 9 heteroatoms. The van der Waals surface area contributed by atoms with Gasteiger partial charge in [0.05, 0.1) is 39.9 Å². The highest BCUT2D eigenvalue weighted by molar-refractivity contribution is 7.45. The van der Waals surface area contributed by atoms with Gasteiger partial charge in [0.2, 0.25) is 5.91 Å². The lowest BCUT2D eigenvalue weighted by Crippen LogP contribution is -2.45. The van der Waals surface area contributed by atoms with Gasteiger partial charge in [-0.25, -0.2) is 0 Å². The second-order valence-electron chi connectivity index (χ2n) is 17.4. The number of unbranched alkanes of at least 4 members (excludes halogenated alkanes) is 16. The SMILES string of the molecule is CC/C=C\C/C=C\C/C=C\C/C=C\C/C=C\CCCCCC(=O)NC(COP(=O)([O-])OCC[N+](C)(C)C)C(O)/C=C/CC/C=C/CC/C=C/CCCCCCCCCCCCC. The van der Waals surface area contributed by atoms with Gasteiger partial charge in [-0.3, -0.25) is 9.36 Å². The molecule has 0 fully saturated rings. The molecule has 0 aromatic rings. The summed E-state index contributed by atoms with van der Waals surface area (Å²) in [7, 11) is 1.19. The van der Waals surface area contributed by atoms with Gasteiger partial charge in [0.25, 0.3) is 7.82 Å². The maximum absolute atomic E-state index is 12.9. The third-order valence-corrected chi connectivity index (χ3v) is 11.2. The highest BCUT2D eigenvalue weighted by Crippen LogP contribution is 2.38. The number of carbonyl (C=O) groups is 1. The van der Waals surface area contributed by atoms with Gasteiger partial charge in [-0.1, -0.05) is 182 Å². The van der Waals surface area contributed by atoms with E-state index in [4.69, 9.17) is 9.05 Å². The van der Waals surface area contributed by atoms with Crippen molar-refractivity contribution in [2.24, 2.45) is 0 Å². The largest absolute Gasteiger partial charge is 0.756 e. The van der Waals surface area contributed by atoms with E-state index in [1.165, 1.54) is 77.0 Å². The predicted octanol–water partition coefficient (Wildman–Crippen LogP) is 13.7. The molecule has 0 aromatic heterocycles. The molecule has 0 aromatic carbocycles. The number of carbonyl (C=O) groups excluding carboxylic acids is 1. The van der Waals surface area contributed by atoms with E-state index >= 15 is 0 Å². The Hall–Kier alpha value is -2.58. The molecule has 0 bridgehead atoms. The number of aliphatic hydroxyl groups is 1. The first-order chi connectivity index (χ1) is 30.0. The summed E-state index contributed by atoms with van der Waals surface area (Å²) in [5.74, 6) is -0.247. The van der Waals surface area contributed by atoms with Crippen molar-refractivity contribution in [2.75, 3.05) is 40.9 Å². The van der Waals surface area contributed by atoms with Crippen LogP contribution in [0.3, 0.4) is 0 Å². The van der Waals surface area contributed by atoms with Crippen LogP contribution in [0.5, 0.6) is 0 Å². The highest BCUT2D eigenvalue weighted by atomic mass is 31.2. The number of aliphatic hydroxyl groups excluding tert-OH is 1. The second-order valence-corrected chi connectivity index (χ2v) is 18.8. The quantitative estimate of drug-likeness (QED) is 0.0273. The Morgan fingerprint density at radius 3 is 1.50 bits per heavy atom. The lowest BCUT2D eigenvalue weighted by molar-refractivity contribution is -0.870. The van der Waals surface area contributed by atoms with E-state index in [1.807, 2.05) is 27.2 Å². The Morgan fingerprint density at radius 1 is 0.581 bits per heavy atom. The van der Waals surface area contributed by atoms with Crippen LogP contribution in [0.4, 0.5) is 0 Å². The van der Waals surface area contributed by atoms with Crippen molar-refractivity contribution in [3.05, 3.63) is 97.2 Å². The first-order valence-corrected chi connectivity index (χ1v) is 26.1. The van der Waals surface area contributed by atoms with E-state index in [1.54, 1.807) is 6.08 Å². The summed E-state index contributed by atoms with van der Waals surface area (Å²) in [5, 5.41) is 13.8. The summed E-state index contributed by atoms with van der Waals surface area (Å²) in [4.78, 5) is 25.4. The van der Waals surface area contributed by atoms with Crippen molar-refractivity contribution in [2.45, 2.75) is 193 Å². The van der Waals surface area contributed by atoms with Crippen LogP contribution in [0, 0.1) is 0 Å². The molecule has 0 saturated heterocycles. The van der Waals surface area contributed by atoms with Gasteiger partial charge in [-0.2, -0.15) is 0 Å². The van der Waals surface area contributed by atoms with Gasteiger partial charge in [-0.15, -0.1) is 0 Å². The van der Waals surface area contributed by atoms with Gasteiger partial charge < -0.3 is 28.8 Å². The standard InChI is InChI=1S/C53H93N2O6P/c1-6-8-10-12-14-16-18-20-22-24-26-27-29-30-32-34-36-38-40-42-44-46-52(56)51(50-61-62(58,59)60-49-48-55(3,4)5)54-53(57)47-45-43-41-39-37-35-33-31-28-25-23-21-19-17-15-13-11-9-7-2/h9,11,15,17,21,23,28-31,35-38,44,46,51-52,56H,6-8,10,12-14,16,18-20,22,24-27,32-34,39-43,45,47-50H2,1-5H3,(H-,54,57,58,59)/b11-9-,17-15-,23-21-,30-29+,31-28-,37-35-,38-36+,46-44+. The number of nitrogens with one attached hydrogen (secondary N) is 1. The number of quaternary nitrogens is 1. The molecule has 356 valence electrons. The number of hydrogen-bond acceptors (Lipinski definition) is 6. The molecule has 62 heavy (non-hydrogen) atoms. The lowest BCUT2D eigenvalue weighted by Gasteiger charge is -2.29. The van der Waals surface area contributed by atoms with Crippen LogP contribution >= 0.6 is 7.82 Å². The van der Waals surface area contributed by atoms with E-state index < -0.39 is 26.6 Å². The number of amides is 1. The third-order valence-electron chi connectivity index (χ3n) is 10.3. The zero-order chi connectivity index (χ0) is 45.7. The van der Waals surface area contributed by atoms with Crippen LogP contribution in [0.1, 0.15) is 181 Å². The summed E-state index contributed by atoms with van der Waals surface area (Å²) in [6.45, 7) is 4.46. The minimum absolute atomic E-state index is 0.0212. The smallest absolute Gasteiger partial charge is 0.268 e. The Kier molecular flexibility index (Phi) is 41.8. The van der Waals surface area contributed by atoms with E-state index in [0.29, 0.717) is 17.4 Å². The molecule has 0 aliphatic rings. The molecule has 0 spiro atoms. The fraction of sp³-hybridized carbons (Fsp3) is 0.679. The average Bonchev–Trinajstić information content (AvgIpc) is 3.23. The molecule has 0 heterocycles. The number of hydrogen-bond donors (Lipinski definition) is 2. The summed E-state index contributed by atoms with van der Waals surface area (Å²) in [6.07, 6.45) is 61.8. The molecule has 3 unspecified atom stereocenters. The van der Waals surface area contributed by atoms with Gasteiger partial charge in [0, 0.05) is 6.42 Å². The van der Waals surface area contributed by atoms with Gasteiger partial charge in [0.15, 0.2) is 0 Å². The van der Waals surface area contributed by atoms with Crippen molar-refractivity contribution in [3.63, 3.8) is 0 Å². The van der Waals surface area contributed by atoms with Crippen molar-refractivity contribution >= 4 is 13.7 Å². The molecule has 1 amide bonds. The number of rotatable bonds is 43. The number of nitrogens with zero attached hydrogens (tertiary/aromatic N) is 1. The molecule has 0 rings (SSSR count). The van der Waals surface area contributed by atoms with Crippen LogP contribution < -0.4 is 10.2 Å². The van der Waals surface area contributed by atoms with Crippen molar-refractivity contribution in [1.82, 2.24) is 5.32 Å². The molecule has 0 saturated carbocycles. The first-order valence-electron chi connectivity index (χ1n) is 24.6. The molecule has 0 aliphatic carbocycles. The number of phosphoric ester groups is 1. The summed E-state index contributed by atoms with van der Waals surface area (Å²) >= 11 is 0. The third kappa shape index (κ3) is 45.4. The number of allylic oxidation sites excluding steroid dienone is 15. The minimum Gasteiger partial charge on any atom is -0.756 e. The fourth-order valence-electron chi connectivity index (χ4n) is 6.39. The molecular weight excluding hydrogens is 792 g/mol. The molecule has 2 N–H and O–H groups in total. The normalized spacial score (nSPS) is 15.0. The van der Waals surface area contributed by atoms with Crippen molar-refractivity contribution in [3.8, 4) is 0 Å². The monoisotopic (exact) mass is 885 g/mol. The van der Waals surface area contributed by atoms with E-state index in [9.17, 15) is 19.4 Å². The zero-order valence-electron chi connectivity index (χ0n) is 40.3. The van der Waals surface area contributed by atoms with Gasteiger partial charge in [-0.05, 0) is 89.9 Å². The van der Waals surface area contributed by atoms with Gasteiger partial charge in [0.1, 0.15) is 13.2 Å². The summed E-state index contributed by atoms with van der Waals surface area (Å²) in [5.41, 5.74) is 0. The Morgan fingerprint density at radius 2 is 1.00 bits per heavy atom. The maximum Gasteiger partial charge on any atom is 0.268 e. The minimum atomic E-state index is -4.62. The van der Waals surface area contributed by atoms with E-state index in [-0.39, 0.29) is 18.9 Å². The molecule has 0 aliphatic heterocycles. The maximum atomic E-state index is 12.9. The zero-order valence-corrected chi connectivity index (χ0v) is 41.2. The van der Waals surface area contributed by atoms with Crippen LogP contribution in [-0.4, -0.2) is 68.5 Å². The van der Waals surface area contributed by atoms with Crippen LogP contribution in [-0.2, 0) is 18.4 Å². The summed E-state index contributed by atoms with van der Waals surface area (Å²) in [6, 6.07) is -0.934. The lowest BCUT2D eigenvalue weighted by atomic mass is 10.1. The van der Waals surface area contributed by atoms with Gasteiger partial charge >= 0.3 is 0 Å². The average molecular weight is 885 g/mol. The molecule has 3 atom stereocenters. The van der Waals surface area contributed by atoms with Crippen LogP contribution in [0.15, 0.2) is 97.2 Å². The topological polar surface area (TPSA) is 108 Å². The van der Waals surface area contributed by atoms with Crippen LogP contribution in [0.25, 0.3) is 0 Å². The van der Waals surface area contributed by atoms with E-state index in [2.05, 4.69) is 104 Å². The van der Waals surface area contributed by atoms with E-state index in [0.717, 1.165) is 77.0 Å². The Balaban J connectivity index is 4.52. The first kappa shape index (κ1) is 59.4. The molecule has 0 radical (unpaired) electrons. The highest BCUT2D eigenvalue weighted by Gasteiger charge is 2.23. The second kappa shape index (κ2) is 43.7. The predicted molar refractivity (Wildman–Crippen MR) is 265 cm³/mol. The van der Waals surface area contributed by atoms with Crippen LogP contribution in [0.2, 0.25) is 0 Å². The molecular formula is C53H93N2O6P. The van der Waals surface area contributed by atoms with Crippen molar-refractivity contribution < 1.29 is 32.9 Å². The Labute approximate surface area is 381 Å². The number of phosphoric acid groups is 1. The fourth-order valence-corrected chi connectivity index (χ4v) is 7.11. The van der Waals surface area contributed by atoms with Crippen molar-refractivity contribution in [1.29, 1.82) is 0 Å². The Bertz CT molecular complexity index is 1330. The number of likely N-dealkylation sites (N-methyl/N-ethyl adjacent to an activating group) is 1. The summed E-state index contributed by atoms with van der Waals surface area (Å²) < 4.78 is 23.2.